The van der Waals surface area contributed by atoms with E-state index >= 15 is 4.39 Å². The summed E-state index contributed by atoms with van der Waals surface area (Å²) in [6, 6.07) is 9.53. The van der Waals surface area contributed by atoms with Crippen molar-refractivity contribution in [2.45, 2.75) is 44.4 Å². The molecule has 1 unspecified atom stereocenters. The second-order valence-electron chi connectivity index (χ2n) is 11.2. The maximum Gasteiger partial charge on any atom is 0.255 e. The van der Waals surface area contributed by atoms with Gasteiger partial charge in [0.15, 0.2) is 0 Å². The summed E-state index contributed by atoms with van der Waals surface area (Å²) < 4.78 is 22.4. The van der Waals surface area contributed by atoms with Crippen LogP contribution in [0.2, 0.25) is 10.0 Å². The summed E-state index contributed by atoms with van der Waals surface area (Å²) in [5, 5.41) is 22.0. The number of piperidine rings is 1. The zero-order valence-electron chi connectivity index (χ0n) is 23.9. The van der Waals surface area contributed by atoms with E-state index in [1.54, 1.807) is 42.2 Å². The van der Waals surface area contributed by atoms with Gasteiger partial charge in [-0.3, -0.25) is 9.59 Å². The third-order valence-corrected chi connectivity index (χ3v) is 9.05. The van der Waals surface area contributed by atoms with Gasteiger partial charge in [0, 0.05) is 48.6 Å². The third-order valence-electron chi connectivity index (χ3n) is 8.60. The van der Waals surface area contributed by atoms with Crippen LogP contribution in [0, 0.1) is 11.7 Å². The largest absolute Gasteiger partial charge is 0.394 e. The van der Waals surface area contributed by atoms with Crippen LogP contribution in [0.4, 0.5) is 4.39 Å². The maximum absolute atomic E-state index is 16.6. The highest BCUT2D eigenvalue weighted by molar-refractivity contribution is 6.30. The van der Waals surface area contributed by atoms with E-state index in [9.17, 15) is 19.8 Å². The number of hydrogen-bond donors (Lipinski definition) is 2. The van der Waals surface area contributed by atoms with Gasteiger partial charge in [-0.1, -0.05) is 35.3 Å². The van der Waals surface area contributed by atoms with E-state index in [1.807, 2.05) is 0 Å². The first-order valence-electron chi connectivity index (χ1n) is 14.0. The molecule has 2 atom stereocenters. The molecule has 0 spiro atoms. The average molecular weight is 632 g/mol. The molecule has 1 fully saturated rings. The fourth-order valence-corrected chi connectivity index (χ4v) is 6.47. The van der Waals surface area contributed by atoms with Crippen LogP contribution in [-0.2, 0) is 27.2 Å². The van der Waals surface area contributed by atoms with Crippen molar-refractivity contribution >= 4 is 35.0 Å². The molecule has 0 bridgehead atoms. The third kappa shape index (κ3) is 5.86. The number of aliphatic hydroxyl groups excluding tert-OH is 1. The Labute approximate surface area is 259 Å². The van der Waals surface area contributed by atoms with Crippen LogP contribution in [0.3, 0.4) is 0 Å². The zero-order valence-corrected chi connectivity index (χ0v) is 25.4. The second-order valence-corrected chi connectivity index (χ2v) is 12.0. The van der Waals surface area contributed by atoms with E-state index in [1.165, 1.54) is 30.3 Å². The second kappa shape index (κ2) is 12.5. The number of likely N-dealkylation sites (tertiary alicyclic amines) is 1. The van der Waals surface area contributed by atoms with Gasteiger partial charge >= 0.3 is 0 Å². The Hall–Kier alpha value is -3.15. The van der Waals surface area contributed by atoms with Crippen molar-refractivity contribution in [3.05, 3.63) is 92.7 Å². The first kappa shape index (κ1) is 31.3. The molecule has 3 heterocycles. The van der Waals surface area contributed by atoms with E-state index in [0.717, 1.165) is 0 Å². The SMILES string of the molecule is CC(=O)N1CCC(C(C)(O)c2cc(F)c3c(c2)C(=O)N(Cc2ncc(Cl)cn2)[C@@]3(COCCO)c2ccc(Cl)cc2)CC1. The Morgan fingerprint density at radius 1 is 1.14 bits per heavy atom. The summed E-state index contributed by atoms with van der Waals surface area (Å²) in [5.74, 6) is -1.21. The highest BCUT2D eigenvalue weighted by Crippen LogP contribution is 2.49. The van der Waals surface area contributed by atoms with Gasteiger partial charge in [-0.05, 0) is 61.1 Å². The summed E-state index contributed by atoms with van der Waals surface area (Å²) in [6.45, 7) is 3.50. The van der Waals surface area contributed by atoms with Gasteiger partial charge in [0.05, 0.1) is 37.0 Å². The number of nitrogens with zero attached hydrogens (tertiary/aromatic N) is 4. The van der Waals surface area contributed by atoms with Crippen molar-refractivity contribution in [2.24, 2.45) is 5.92 Å². The number of amides is 2. The van der Waals surface area contributed by atoms with Crippen molar-refractivity contribution in [3.8, 4) is 0 Å². The molecule has 228 valence electrons. The number of aromatic nitrogens is 2. The fraction of sp³-hybridized carbons (Fsp3) is 0.419. The van der Waals surface area contributed by atoms with E-state index in [2.05, 4.69) is 9.97 Å². The summed E-state index contributed by atoms with van der Waals surface area (Å²) in [7, 11) is 0. The molecule has 2 aliphatic heterocycles. The minimum Gasteiger partial charge on any atom is -0.394 e. The zero-order chi connectivity index (χ0) is 30.9. The van der Waals surface area contributed by atoms with Gasteiger partial charge in [0.2, 0.25) is 5.91 Å². The standard InChI is InChI=1S/C31H33Cl2FN4O5/c1-19(40)37-9-7-20(8-10-37)30(2,42)22-13-25-28(26(34)14-22)31(18-43-12-11-39,21-3-5-23(32)6-4-21)38(29(25)41)17-27-35-15-24(33)16-36-27/h3-6,13-16,20,39,42H,7-12,17-18H2,1-2H3/t30?,31-/m0/s1. The minimum atomic E-state index is -1.48. The lowest BCUT2D eigenvalue weighted by Gasteiger charge is -2.40. The van der Waals surface area contributed by atoms with Gasteiger partial charge in [0.1, 0.15) is 17.2 Å². The quantitative estimate of drug-likeness (QED) is 0.339. The van der Waals surface area contributed by atoms with Crippen LogP contribution in [0.15, 0.2) is 48.8 Å². The fourth-order valence-electron chi connectivity index (χ4n) is 6.25. The van der Waals surface area contributed by atoms with Crippen LogP contribution in [0.25, 0.3) is 0 Å². The van der Waals surface area contributed by atoms with E-state index in [4.69, 9.17) is 27.9 Å². The van der Waals surface area contributed by atoms with Gasteiger partial charge in [-0.2, -0.15) is 0 Å². The van der Waals surface area contributed by atoms with E-state index in [0.29, 0.717) is 41.5 Å². The Balaban J connectivity index is 1.64. The molecule has 2 amide bonds. The normalized spacial score (nSPS) is 20.3. The van der Waals surface area contributed by atoms with Crippen LogP contribution in [-0.4, -0.2) is 74.7 Å². The van der Waals surface area contributed by atoms with Crippen molar-refractivity contribution in [1.82, 2.24) is 19.8 Å². The lowest BCUT2D eigenvalue weighted by atomic mass is 9.75. The lowest BCUT2D eigenvalue weighted by molar-refractivity contribution is -0.132. The number of aliphatic hydroxyl groups is 2. The molecule has 12 heteroatoms. The smallest absolute Gasteiger partial charge is 0.255 e. The highest BCUT2D eigenvalue weighted by atomic mass is 35.5. The molecule has 2 aliphatic rings. The average Bonchev–Trinajstić information content (AvgIpc) is 3.22. The van der Waals surface area contributed by atoms with Crippen molar-refractivity contribution in [2.75, 3.05) is 32.9 Å². The molecule has 9 nitrogen and oxygen atoms in total. The molecule has 0 saturated carbocycles. The maximum atomic E-state index is 16.6. The predicted molar refractivity (Wildman–Crippen MR) is 158 cm³/mol. The molecular formula is C31H33Cl2FN4O5. The van der Waals surface area contributed by atoms with Crippen molar-refractivity contribution < 1.29 is 28.9 Å². The number of carbonyl (C=O) groups excluding carboxylic acids is 2. The number of fused-ring (bicyclic) bond motifs is 1. The summed E-state index contributed by atoms with van der Waals surface area (Å²) in [5.41, 5.74) is -1.99. The number of benzene rings is 2. The monoisotopic (exact) mass is 630 g/mol. The Bertz CT molecular complexity index is 1500. The van der Waals surface area contributed by atoms with Crippen LogP contribution < -0.4 is 0 Å². The minimum absolute atomic E-state index is 0.0287. The number of rotatable bonds is 9. The summed E-state index contributed by atoms with van der Waals surface area (Å²) >= 11 is 12.2. The number of carbonyl (C=O) groups is 2. The predicted octanol–water partition coefficient (Wildman–Crippen LogP) is 4.30. The highest BCUT2D eigenvalue weighted by Gasteiger charge is 2.54. The van der Waals surface area contributed by atoms with Crippen LogP contribution in [0.1, 0.15) is 59.6 Å². The Morgan fingerprint density at radius 2 is 1.79 bits per heavy atom. The van der Waals surface area contributed by atoms with Gasteiger partial charge < -0.3 is 24.7 Å². The number of ether oxygens (including phenoxy) is 1. The Morgan fingerprint density at radius 3 is 2.40 bits per heavy atom. The van der Waals surface area contributed by atoms with Crippen LogP contribution >= 0.6 is 23.2 Å². The van der Waals surface area contributed by atoms with Gasteiger partial charge in [-0.15, -0.1) is 0 Å². The summed E-state index contributed by atoms with van der Waals surface area (Å²) in [4.78, 5) is 37.8. The molecule has 0 aliphatic carbocycles. The van der Waals surface area contributed by atoms with E-state index < -0.39 is 22.9 Å². The first-order valence-corrected chi connectivity index (χ1v) is 14.8. The lowest BCUT2D eigenvalue weighted by Crippen LogP contribution is -2.48. The van der Waals surface area contributed by atoms with Crippen molar-refractivity contribution in [3.63, 3.8) is 0 Å². The molecule has 1 aromatic heterocycles. The molecule has 1 saturated heterocycles. The summed E-state index contributed by atoms with van der Waals surface area (Å²) in [6.07, 6.45) is 3.89. The molecule has 3 aromatic rings. The molecule has 43 heavy (non-hydrogen) atoms. The van der Waals surface area contributed by atoms with Gasteiger partial charge in [0.25, 0.3) is 5.91 Å². The molecule has 2 N–H and O–H groups in total. The number of hydrogen-bond acceptors (Lipinski definition) is 7. The molecular weight excluding hydrogens is 598 g/mol. The Kier molecular flexibility index (Phi) is 9.06. The van der Waals surface area contributed by atoms with E-state index in [-0.39, 0.29) is 60.7 Å². The number of halogens is 3. The topological polar surface area (TPSA) is 116 Å². The molecule has 5 rings (SSSR count). The first-order chi connectivity index (χ1) is 20.5. The molecule has 2 aromatic carbocycles. The van der Waals surface area contributed by atoms with Crippen molar-refractivity contribution in [1.29, 1.82) is 0 Å². The molecule has 0 radical (unpaired) electrons. The van der Waals surface area contributed by atoms with Gasteiger partial charge in [-0.25, -0.2) is 14.4 Å². The van der Waals surface area contributed by atoms with Crippen LogP contribution in [0.5, 0.6) is 0 Å².